The van der Waals surface area contributed by atoms with Crippen molar-refractivity contribution in [1.82, 2.24) is 14.9 Å². The third-order valence-corrected chi connectivity index (χ3v) is 7.36. The summed E-state index contributed by atoms with van der Waals surface area (Å²) in [6.45, 7) is 5.55. The molecule has 10 heteroatoms. The van der Waals surface area contributed by atoms with Gasteiger partial charge in [-0.1, -0.05) is 38.4 Å². The van der Waals surface area contributed by atoms with Crippen LogP contribution in [-0.2, 0) is 4.79 Å². The lowest BCUT2D eigenvalue weighted by Gasteiger charge is -2.29. The molecule has 2 aromatic carbocycles. The van der Waals surface area contributed by atoms with Crippen LogP contribution in [0.25, 0.3) is 5.69 Å². The van der Waals surface area contributed by atoms with E-state index in [9.17, 15) is 9.18 Å². The Morgan fingerprint density at radius 1 is 1.10 bits per heavy atom. The number of hydrogen-bond acceptors (Lipinski definition) is 4. The third-order valence-electron chi connectivity index (χ3n) is 6.76. The molecule has 1 amide bonds. The van der Waals surface area contributed by atoms with Gasteiger partial charge in [0.1, 0.15) is 17.6 Å². The zero-order chi connectivity index (χ0) is 28.6. The smallest absolute Gasteiger partial charge is 0.229 e. The highest BCUT2D eigenvalue weighted by Crippen LogP contribution is 2.44. The Labute approximate surface area is 242 Å². The van der Waals surface area contributed by atoms with Crippen LogP contribution in [0.4, 0.5) is 15.8 Å². The Bertz CT molecular complexity index is 1570. The van der Waals surface area contributed by atoms with Crippen molar-refractivity contribution in [1.29, 1.82) is 0 Å². The molecule has 40 heavy (non-hydrogen) atoms. The van der Waals surface area contributed by atoms with E-state index in [4.69, 9.17) is 28.6 Å². The monoisotopic (exact) mass is 577 g/mol. The topological polar surface area (TPSA) is 71.4 Å². The number of nitrogens with zero attached hydrogens (tertiary/aromatic N) is 3. The number of nitrogens with one attached hydrogen (secondary N) is 2. The van der Waals surface area contributed by atoms with Gasteiger partial charge in [-0.15, -0.1) is 0 Å². The molecule has 2 atom stereocenters. The first kappa shape index (κ1) is 27.6. The van der Waals surface area contributed by atoms with E-state index < -0.39 is 11.2 Å². The van der Waals surface area contributed by atoms with E-state index in [0.717, 1.165) is 17.1 Å². The number of carbonyl (C=O) groups is 1. The second-order valence-electron chi connectivity index (χ2n) is 10.5. The van der Waals surface area contributed by atoms with Crippen LogP contribution in [0.2, 0.25) is 5.02 Å². The predicted molar refractivity (Wildman–Crippen MR) is 160 cm³/mol. The Balaban J connectivity index is 1.61. The molecule has 1 saturated heterocycles. The summed E-state index contributed by atoms with van der Waals surface area (Å²) < 4.78 is 21.6. The number of halogens is 2. The number of amides is 1. The number of anilines is 2. The average Bonchev–Trinajstić information content (AvgIpc) is 3.54. The molecule has 2 aromatic heterocycles. The second-order valence-corrected chi connectivity index (χ2v) is 11.3. The molecule has 1 aliphatic rings. The van der Waals surface area contributed by atoms with Crippen molar-refractivity contribution in [2.45, 2.75) is 32.9 Å². The minimum atomic E-state index is -0.570. The number of carbonyl (C=O) groups excluding carboxylic acids is 1. The van der Waals surface area contributed by atoms with Gasteiger partial charge in [0.05, 0.1) is 29.6 Å². The molecule has 0 aliphatic carbocycles. The summed E-state index contributed by atoms with van der Waals surface area (Å²) in [4.78, 5) is 19.3. The van der Waals surface area contributed by atoms with E-state index in [0.29, 0.717) is 22.2 Å². The molecule has 0 spiro atoms. The molecule has 0 radical (unpaired) electrons. The van der Waals surface area contributed by atoms with Gasteiger partial charge in [0.2, 0.25) is 5.91 Å². The van der Waals surface area contributed by atoms with Gasteiger partial charge < -0.3 is 24.8 Å². The van der Waals surface area contributed by atoms with E-state index in [1.807, 2.05) is 85.0 Å². The average molecular weight is 578 g/mol. The van der Waals surface area contributed by atoms with Gasteiger partial charge >= 0.3 is 0 Å². The SMILES string of the molecule is COc1cc(N2C(=S)N[C@H](c3ccccn3)[C@H]2c2cccn2-c2ccc(F)c(Cl)c2)ccc1NC(=O)C(C)(C)C. The van der Waals surface area contributed by atoms with Crippen molar-refractivity contribution < 1.29 is 13.9 Å². The third kappa shape index (κ3) is 5.26. The molecule has 0 bridgehead atoms. The van der Waals surface area contributed by atoms with Crippen molar-refractivity contribution in [3.8, 4) is 11.4 Å². The standard InChI is InChI=1S/C30H29ClFN5O2S/c1-30(2,3)28(38)34-22-13-11-19(17-25(22)39-4)37-27(26(35-29(37)40)23-8-5-6-14-33-23)24-9-7-15-36(24)18-10-12-21(32)20(31)16-18/h5-17,26-27H,1-4H3,(H,34,38)(H,35,40)/t26-,27-/m1/s1. The van der Waals surface area contributed by atoms with Crippen LogP contribution in [0, 0.1) is 11.2 Å². The fourth-order valence-electron chi connectivity index (χ4n) is 4.68. The summed E-state index contributed by atoms with van der Waals surface area (Å²) in [6.07, 6.45) is 3.65. The number of aromatic nitrogens is 2. The number of rotatable bonds is 6. The molecule has 206 valence electrons. The van der Waals surface area contributed by atoms with Crippen LogP contribution >= 0.6 is 23.8 Å². The largest absolute Gasteiger partial charge is 0.494 e. The number of ether oxygens (including phenoxy) is 1. The molecular formula is C30H29ClFN5O2S. The summed E-state index contributed by atoms with van der Waals surface area (Å²) in [6, 6.07) is 19.2. The van der Waals surface area contributed by atoms with Crippen LogP contribution < -0.4 is 20.3 Å². The predicted octanol–water partition coefficient (Wildman–Crippen LogP) is 6.84. The molecular weight excluding hydrogens is 549 g/mol. The summed E-state index contributed by atoms with van der Waals surface area (Å²) in [5.74, 6) is -0.110. The van der Waals surface area contributed by atoms with Gasteiger partial charge in [0.25, 0.3) is 0 Å². The number of pyridine rings is 1. The van der Waals surface area contributed by atoms with E-state index in [1.165, 1.54) is 6.07 Å². The maximum Gasteiger partial charge on any atom is 0.229 e. The van der Waals surface area contributed by atoms with E-state index in [2.05, 4.69) is 15.6 Å². The molecule has 0 saturated carbocycles. The van der Waals surface area contributed by atoms with Crippen molar-refractivity contribution in [3.05, 3.63) is 101 Å². The van der Waals surface area contributed by atoms with E-state index >= 15 is 0 Å². The lowest BCUT2D eigenvalue weighted by molar-refractivity contribution is -0.123. The molecule has 1 aliphatic heterocycles. The summed E-state index contributed by atoms with van der Waals surface area (Å²) in [5, 5.41) is 6.94. The summed E-state index contributed by atoms with van der Waals surface area (Å²) in [5.41, 5.74) is 3.15. The van der Waals surface area contributed by atoms with Crippen molar-refractivity contribution >= 4 is 46.2 Å². The zero-order valence-electron chi connectivity index (χ0n) is 22.5. The fourth-order valence-corrected chi connectivity index (χ4v) is 5.20. The lowest BCUT2D eigenvalue weighted by atomic mass is 9.95. The van der Waals surface area contributed by atoms with Gasteiger partial charge in [-0.2, -0.15) is 0 Å². The number of thiocarbonyl (C=S) groups is 1. The first-order valence-electron chi connectivity index (χ1n) is 12.7. The normalized spacial score (nSPS) is 17.1. The first-order valence-corrected chi connectivity index (χ1v) is 13.5. The quantitative estimate of drug-likeness (QED) is 0.245. The Morgan fingerprint density at radius 2 is 1.88 bits per heavy atom. The van der Waals surface area contributed by atoms with Crippen molar-refractivity contribution in [2.75, 3.05) is 17.3 Å². The van der Waals surface area contributed by atoms with Crippen LogP contribution in [0.1, 0.15) is 44.2 Å². The van der Waals surface area contributed by atoms with Crippen molar-refractivity contribution in [3.63, 3.8) is 0 Å². The number of methoxy groups -OCH3 is 1. The van der Waals surface area contributed by atoms with Gasteiger partial charge in [-0.05, 0) is 66.8 Å². The van der Waals surface area contributed by atoms with Gasteiger partial charge in [-0.3, -0.25) is 9.78 Å². The zero-order valence-corrected chi connectivity index (χ0v) is 24.1. The second kappa shape index (κ2) is 10.9. The minimum Gasteiger partial charge on any atom is -0.494 e. The number of benzene rings is 2. The van der Waals surface area contributed by atoms with Crippen LogP contribution in [0.3, 0.4) is 0 Å². The molecule has 5 rings (SSSR count). The Hall–Kier alpha value is -3.95. The Kier molecular flexibility index (Phi) is 7.53. The van der Waals surface area contributed by atoms with Crippen molar-refractivity contribution in [2.24, 2.45) is 5.41 Å². The van der Waals surface area contributed by atoms with E-state index in [1.54, 1.807) is 25.4 Å². The molecule has 3 heterocycles. The number of hydrogen-bond donors (Lipinski definition) is 2. The highest BCUT2D eigenvalue weighted by Gasteiger charge is 2.42. The minimum absolute atomic E-state index is 0.0352. The van der Waals surface area contributed by atoms with Crippen LogP contribution in [0.5, 0.6) is 5.75 Å². The maximum absolute atomic E-state index is 14.0. The molecule has 0 unspecified atom stereocenters. The Morgan fingerprint density at radius 3 is 2.55 bits per heavy atom. The van der Waals surface area contributed by atoms with Gasteiger partial charge in [0.15, 0.2) is 5.11 Å². The highest BCUT2D eigenvalue weighted by atomic mass is 35.5. The fraction of sp³-hybridized carbons (Fsp3) is 0.233. The van der Waals surface area contributed by atoms with Crippen LogP contribution in [0.15, 0.2) is 79.1 Å². The van der Waals surface area contributed by atoms with Crippen LogP contribution in [-0.4, -0.2) is 27.7 Å². The summed E-state index contributed by atoms with van der Waals surface area (Å²) >= 11 is 12.0. The lowest BCUT2D eigenvalue weighted by Crippen LogP contribution is -2.30. The maximum atomic E-state index is 14.0. The molecule has 7 nitrogen and oxygen atoms in total. The molecule has 4 aromatic rings. The van der Waals surface area contributed by atoms with Gasteiger partial charge in [0, 0.05) is 40.9 Å². The molecule has 1 fully saturated rings. The van der Waals surface area contributed by atoms with Gasteiger partial charge in [-0.25, -0.2) is 4.39 Å². The molecule has 2 N–H and O–H groups in total. The highest BCUT2D eigenvalue weighted by molar-refractivity contribution is 7.80. The summed E-state index contributed by atoms with van der Waals surface area (Å²) in [7, 11) is 1.56. The first-order chi connectivity index (χ1) is 19.1. The van der Waals surface area contributed by atoms with E-state index in [-0.39, 0.29) is 23.0 Å².